The van der Waals surface area contributed by atoms with Crippen molar-refractivity contribution in [2.75, 3.05) is 36.0 Å². The molecule has 1 unspecified atom stereocenters. The maximum atomic E-state index is 12.9. The number of hydrogen-bond acceptors (Lipinski definition) is 6. The van der Waals surface area contributed by atoms with Crippen LogP contribution in [0.2, 0.25) is 10.0 Å². The molecule has 4 rings (SSSR count). The van der Waals surface area contributed by atoms with Crippen LogP contribution in [0.4, 0.5) is 11.4 Å². The molecule has 2 saturated heterocycles. The number of amides is 2. The number of ketones is 1. The van der Waals surface area contributed by atoms with Gasteiger partial charge in [-0.2, -0.15) is 0 Å². The predicted octanol–water partition coefficient (Wildman–Crippen LogP) is 4.67. The molecule has 0 spiro atoms. The van der Waals surface area contributed by atoms with Crippen molar-refractivity contribution in [1.29, 1.82) is 0 Å². The maximum Gasteiger partial charge on any atom is 0.247 e. The van der Waals surface area contributed by atoms with Crippen LogP contribution in [0, 0.1) is 0 Å². The van der Waals surface area contributed by atoms with Gasteiger partial charge in [0.05, 0.1) is 15.7 Å². The molecular weight excluding hydrogens is 501 g/mol. The number of halogens is 2. The van der Waals surface area contributed by atoms with Crippen molar-refractivity contribution in [3.05, 3.63) is 58.1 Å². The van der Waals surface area contributed by atoms with E-state index in [0.717, 1.165) is 23.7 Å². The average Bonchev–Trinajstić information content (AvgIpc) is 3.08. The fourth-order valence-electron chi connectivity index (χ4n) is 3.84. The van der Waals surface area contributed by atoms with Gasteiger partial charge in [-0.1, -0.05) is 47.2 Å². The Morgan fingerprint density at radius 2 is 1.61 bits per heavy atom. The standard InChI is InChI=1S/C23H21Cl2N3O3S2/c1-14(29)15-2-4-16(5-3-15)26-8-10-27(11-9-26)23(32)33-20-13-21(30)28(22(20)31)17-6-7-18(24)19(25)12-17/h2-7,12,20H,8-11,13H2,1H3. The van der Waals surface area contributed by atoms with E-state index < -0.39 is 5.25 Å². The Bertz CT molecular complexity index is 1120. The zero-order chi connectivity index (χ0) is 23.7. The van der Waals surface area contributed by atoms with Gasteiger partial charge in [-0.3, -0.25) is 14.4 Å². The fraction of sp³-hybridized carbons (Fsp3) is 0.304. The quantitative estimate of drug-likeness (QED) is 0.329. The number of thiocarbonyl (C=S) groups is 1. The number of nitrogens with zero attached hydrogens (tertiary/aromatic N) is 3. The molecule has 0 saturated carbocycles. The molecule has 0 N–H and O–H groups in total. The predicted molar refractivity (Wildman–Crippen MR) is 138 cm³/mol. The minimum Gasteiger partial charge on any atom is -0.368 e. The summed E-state index contributed by atoms with van der Waals surface area (Å²) in [6, 6.07) is 12.3. The monoisotopic (exact) mass is 521 g/mol. The Morgan fingerprint density at radius 3 is 2.21 bits per heavy atom. The van der Waals surface area contributed by atoms with E-state index in [0.29, 0.717) is 33.7 Å². The van der Waals surface area contributed by atoms with Crippen LogP contribution >= 0.6 is 47.2 Å². The first-order chi connectivity index (χ1) is 15.7. The Hall–Kier alpha value is -2.13. The molecule has 0 bridgehead atoms. The molecule has 0 aromatic heterocycles. The van der Waals surface area contributed by atoms with Crippen LogP contribution < -0.4 is 9.80 Å². The molecule has 0 aliphatic carbocycles. The number of carbonyl (C=O) groups is 3. The van der Waals surface area contributed by atoms with Crippen LogP contribution in [0.3, 0.4) is 0 Å². The van der Waals surface area contributed by atoms with Gasteiger partial charge >= 0.3 is 0 Å². The van der Waals surface area contributed by atoms with Gasteiger partial charge in [0.1, 0.15) is 9.57 Å². The summed E-state index contributed by atoms with van der Waals surface area (Å²) >= 11 is 18.9. The molecule has 172 valence electrons. The highest BCUT2D eigenvalue weighted by molar-refractivity contribution is 8.23. The van der Waals surface area contributed by atoms with Crippen molar-refractivity contribution < 1.29 is 14.4 Å². The number of piperazine rings is 1. The summed E-state index contributed by atoms with van der Waals surface area (Å²) in [4.78, 5) is 42.4. The van der Waals surface area contributed by atoms with E-state index in [1.807, 2.05) is 24.3 Å². The highest BCUT2D eigenvalue weighted by atomic mass is 35.5. The van der Waals surface area contributed by atoms with Crippen molar-refractivity contribution in [1.82, 2.24) is 4.90 Å². The largest absolute Gasteiger partial charge is 0.368 e. The van der Waals surface area contributed by atoms with Crippen molar-refractivity contribution in [3.63, 3.8) is 0 Å². The molecule has 2 aliphatic heterocycles. The molecule has 2 heterocycles. The number of imide groups is 1. The molecule has 0 radical (unpaired) electrons. The van der Waals surface area contributed by atoms with Crippen molar-refractivity contribution in [2.24, 2.45) is 0 Å². The van der Waals surface area contributed by atoms with Gasteiger partial charge in [-0.15, -0.1) is 0 Å². The third-order valence-electron chi connectivity index (χ3n) is 5.69. The molecule has 2 aromatic carbocycles. The van der Waals surface area contributed by atoms with Gasteiger partial charge in [-0.05, 0) is 49.4 Å². The highest BCUT2D eigenvalue weighted by Crippen LogP contribution is 2.34. The van der Waals surface area contributed by atoms with Crippen molar-refractivity contribution in [3.8, 4) is 0 Å². The van der Waals surface area contributed by atoms with Crippen LogP contribution in [0.15, 0.2) is 42.5 Å². The Balaban J connectivity index is 1.34. The number of benzene rings is 2. The SMILES string of the molecule is CC(=O)c1ccc(N2CCN(C(=S)SC3CC(=O)N(c4ccc(Cl)c(Cl)c4)C3=O)CC2)cc1. The second-order valence-corrected chi connectivity index (χ2v) is 10.5. The second kappa shape index (κ2) is 10.0. The topological polar surface area (TPSA) is 60.9 Å². The molecule has 1 atom stereocenters. The summed E-state index contributed by atoms with van der Waals surface area (Å²) in [6.07, 6.45) is 0.0896. The van der Waals surface area contributed by atoms with Gasteiger partial charge in [0.2, 0.25) is 11.8 Å². The zero-order valence-corrected chi connectivity index (χ0v) is 20.9. The van der Waals surface area contributed by atoms with Crippen molar-refractivity contribution in [2.45, 2.75) is 18.6 Å². The van der Waals surface area contributed by atoms with Gasteiger partial charge < -0.3 is 9.80 Å². The first kappa shape index (κ1) is 24.0. The lowest BCUT2D eigenvalue weighted by atomic mass is 10.1. The lowest BCUT2D eigenvalue weighted by Crippen LogP contribution is -2.48. The molecule has 33 heavy (non-hydrogen) atoms. The van der Waals surface area contributed by atoms with Gasteiger partial charge in [0.25, 0.3) is 0 Å². The van der Waals surface area contributed by atoms with Crippen LogP contribution in [0.1, 0.15) is 23.7 Å². The van der Waals surface area contributed by atoms with Gasteiger partial charge in [0.15, 0.2) is 5.78 Å². The molecular formula is C23H21Cl2N3O3S2. The summed E-state index contributed by atoms with van der Waals surface area (Å²) in [5, 5.41) is 0.0901. The van der Waals surface area contributed by atoms with Crippen LogP contribution in [0.5, 0.6) is 0 Å². The van der Waals surface area contributed by atoms with E-state index >= 15 is 0 Å². The van der Waals surface area contributed by atoms with Gasteiger partial charge in [-0.25, -0.2) is 4.90 Å². The molecule has 2 aromatic rings. The summed E-state index contributed by atoms with van der Waals surface area (Å²) in [7, 11) is 0. The van der Waals surface area contributed by atoms with Crippen LogP contribution in [0.25, 0.3) is 0 Å². The molecule has 2 fully saturated rings. The molecule has 6 nitrogen and oxygen atoms in total. The lowest BCUT2D eigenvalue weighted by Gasteiger charge is -2.37. The van der Waals surface area contributed by atoms with Crippen LogP contribution in [-0.4, -0.2) is 58.2 Å². The molecule has 2 aliphatic rings. The number of Topliss-reactive ketones (excluding diaryl/α,β-unsaturated/α-hetero) is 1. The minimum absolute atomic E-state index is 0.0476. The average molecular weight is 522 g/mol. The Morgan fingerprint density at radius 1 is 0.970 bits per heavy atom. The smallest absolute Gasteiger partial charge is 0.247 e. The number of thioether (sulfide) groups is 1. The second-order valence-electron chi connectivity index (χ2n) is 7.82. The van der Waals surface area contributed by atoms with E-state index in [9.17, 15) is 14.4 Å². The maximum absolute atomic E-state index is 12.9. The number of rotatable bonds is 4. The minimum atomic E-state index is -0.559. The zero-order valence-electron chi connectivity index (χ0n) is 17.8. The summed E-state index contributed by atoms with van der Waals surface area (Å²) in [6.45, 7) is 4.52. The summed E-state index contributed by atoms with van der Waals surface area (Å²) < 4.78 is 0.615. The highest BCUT2D eigenvalue weighted by Gasteiger charge is 2.41. The molecule has 2 amide bonds. The van der Waals surface area contributed by atoms with E-state index in [4.69, 9.17) is 35.4 Å². The van der Waals surface area contributed by atoms with Crippen LogP contribution in [-0.2, 0) is 9.59 Å². The molecule has 10 heteroatoms. The van der Waals surface area contributed by atoms with E-state index in [1.165, 1.54) is 17.8 Å². The summed E-state index contributed by atoms with van der Waals surface area (Å²) in [5.74, 6) is -0.529. The van der Waals surface area contributed by atoms with E-state index in [2.05, 4.69) is 9.80 Å². The number of anilines is 2. The normalized spacial score (nSPS) is 18.8. The number of carbonyl (C=O) groups excluding carboxylic acids is 3. The van der Waals surface area contributed by atoms with Gasteiger partial charge in [0, 0.05) is 43.9 Å². The third kappa shape index (κ3) is 5.19. The third-order valence-corrected chi connectivity index (χ3v) is 8.09. The summed E-state index contributed by atoms with van der Waals surface area (Å²) in [5.41, 5.74) is 2.17. The van der Waals surface area contributed by atoms with Crippen molar-refractivity contribution >= 4 is 80.5 Å². The van der Waals surface area contributed by atoms with E-state index in [1.54, 1.807) is 19.1 Å². The number of hydrogen-bond donors (Lipinski definition) is 0. The Kier molecular flexibility index (Phi) is 7.28. The first-order valence-electron chi connectivity index (χ1n) is 10.4. The fourth-order valence-corrected chi connectivity index (χ4v) is 5.67. The Labute approximate surface area is 211 Å². The van der Waals surface area contributed by atoms with E-state index in [-0.39, 0.29) is 29.0 Å². The lowest BCUT2D eigenvalue weighted by molar-refractivity contribution is -0.121. The first-order valence-corrected chi connectivity index (χ1v) is 12.4.